The Kier molecular flexibility index (Phi) is 6.10. The molecule has 24 heavy (non-hydrogen) atoms. The molecule has 1 heterocycles. The lowest BCUT2D eigenvalue weighted by molar-refractivity contribution is -0.396. The van der Waals surface area contributed by atoms with Gasteiger partial charge in [0.25, 0.3) is 11.4 Å². The van der Waals surface area contributed by atoms with Crippen LogP contribution in [0.15, 0.2) is 23.1 Å². The van der Waals surface area contributed by atoms with Crippen LogP contribution in [0.25, 0.3) is 0 Å². The van der Waals surface area contributed by atoms with Crippen LogP contribution < -0.4 is 0 Å². The molecule has 1 fully saturated rings. The SMILES string of the molecule is CCOC(=O)CC1CCCN1Sc1ccc([N+](=O)[O-])cc1[N+](=O)[O-]. The molecule has 0 amide bonds. The summed E-state index contributed by atoms with van der Waals surface area (Å²) in [5, 5.41) is 22.0. The van der Waals surface area contributed by atoms with E-state index < -0.39 is 9.85 Å². The number of ether oxygens (including phenoxy) is 1. The molecule has 0 saturated carbocycles. The van der Waals surface area contributed by atoms with Crippen molar-refractivity contribution in [3.63, 3.8) is 0 Å². The highest BCUT2D eigenvalue weighted by molar-refractivity contribution is 7.97. The maximum Gasteiger partial charge on any atom is 0.307 e. The van der Waals surface area contributed by atoms with E-state index in [1.165, 1.54) is 12.1 Å². The lowest BCUT2D eigenvalue weighted by Crippen LogP contribution is -2.26. The molecule has 0 aliphatic carbocycles. The van der Waals surface area contributed by atoms with E-state index in [1.54, 1.807) is 6.92 Å². The number of nitro groups is 2. The maximum absolute atomic E-state index is 11.7. The summed E-state index contributed by atoms with van der Waals surface area (Å²) in [6, 6.07) is 3.51. The average molecular weight is 355 g/mol. The van der Waals surface area contributed by atoms with E-state index in [9.17, 15) is 25.0 Å². The van der Waals surface area contributed by atoms with Crippen LogP contribution in [0.1, 0.15) is 26.2 Å². The number of nitrogens with zero attached hydrogens (tertiary/aromatic N) is 3. The van der Waals surface area contributed by atoms with Gasteiger partial charge in [-0.15, -0.1) is 0 Å². The third kappa shape index (κ3) is 4.42. The van der Waals surface area contributed by atoms with Crippen LogP contribution in [0, 0.1) is 20.2 Å². The van der Waals surface area contributed by atoms with Crippen molar-refractivity contribution in [3.05, 3.63) is 38.4 Å². The van der Waals surface area contributed by atoms with Crippen molar-refractivity contribution in [2.24, 2.45) is 0 Å². The first kappa shape index (κ1) is 18.1. The van der Waals surface area contributed by atoms with E-state index >= 15 is 0 Å². The second-order valence-corrected chi connectivity index (χ2v) is 6.29. The monoisotopic (exact) mass is 355 g/mol. The number of hydrogen-bond acceptors (Lipinski definition) is 8. The van der Waals surface area contributed by atoms with Crippen LogP contribution >= 0.6 is 11.9 Å². The predicted molar refractivity (Wildman–Crippen MR) is 86.6 cm³/mol. The lowest BCUT2D eigenvalue weighted by atomic mass is 10.2. The Balaban J connectivity index is 2.15. The number of nitro benzene ring substituents is 2. The third-order valence-corrected chi connectivity index (χ3v) is 4.85. The number of rotatable bonds is 7. The van der Waals surface area contributed by atoms with Gasteiger partial charge in [-0.3, -0.25) is 25.0 Å². The van der Waals surface area contributed by atoms with E-state index in [-0.39, 0.29) is 29.8 Å². The lowest BCUT2D eigenvalue weighted by Gasteiger charge is -2.22. The van der Waals surface area contributed by atoms with E-state index in [4.69, 9.17) is 4.74 Å². The number of carbonyl (C=O) groups excluding carboxylic acids is 1. The molecule has 1 saturated heterocycles. The molecule has 1 atom stereocenters. The summed E-state index contributed by atoms with van der Waals surface area (Å²) in [4.78, 5) is 32.6. The molecular weight excluding hydrogens is 338 g/mol. The quantitative estimate of drug-likeness (QED) is 0.317. The van der Waals surface area contributed by atoms with Crippen molar-refractivity contribution in [1.29, 1.82) is 0 Å². The number of esters is 1. The minimum atomic E-state index is -0.666. The van der Waals surface area contributed by atoms with Gasteiger partial charge in [-0.05, 0) is 37.8 Å². The number of non-ortho nitro benzene ring substituents is 1. The van der Waals surface area contributed by atoms with Crippen LogP contribution in [0.2, 0.25) is 0 Å². The van der Waals surface area contributed by atoms with Gasteiger partial charge in [-0.2, -0.15) is 0 Å². The summed E-state index contributed by atoms with van der Waals surface area (Å²) in [7, 11) is 0. The Labute approximate surface area is 142 Å². The highest BCUT2D eigenvalue weighted by Crippen LogP contribution is 2.38. The predicted octanol–water partition coefficient (Wildman–Crippen LogP) is 2.93. The fourth-order valence-corrected chi connectivity index (χ4v) is 3.67. The zero-order chi connectivity index (χ0) is 17.7. The molecular formula is C14H17N3O6S. The summed E-state index contributed by atoms with van der Waals surface area (Å²) < 4.78 is 6.86. The molecule has 9 nitrogen and oxygen atoms in total. The van der Waals surface area contributed by atoms with E-state index in [2.05, 4.69) is 0 Å². The zero-order valence-electron chi connectivity index (χ0n) is 13.0. The standard InChI is InChI=1S/C14H17N3O6S/c1-2-23-14(18)9-10-4-3-7-15(10)24-13-6-5-11(16(19)20)8-12(13)17(21)22/h5-6,8,10H,2-4,7,9H2,1H3. The summed E-state index contributed by atoms with van der Waals surface area (Å²) >= 11 is 1.16. The van der Waals surface area contributed by atoms with Crippen molar-refractivity contribution in [3.8, 4) is 0 Å². The first-order valence-electron chi connectivity index (χ1n) is 7.45. The number of benzene rings is 1. The minimum absolute atomic E-state index is 0.0659. The normalized spacial score (nSPS) is 17.6. The van der Waals surface area contributed by atoms with E-state index in [1.807, 2.05) is 4.31 Å². The number of hydrogen-bond donors (Lipinski definition) is 0. The summed E-state index contributed by atoms with van der Waals surface area (Å²) in [6.07, 6.45) is 1.89. The fraction of sp³-hybridized carbons (Fsp3) is 0.500. The molecule has 10 heteroatoms. The second-order valence-electron chi connectivity index (χ2n) is 5.20. The van der Waals surface area contributed by atoms with Crippen molar-refractivity contribution in [1.82, 2.24) is 4.31 Å². The van der Waals surface area contributed by atoms with Crippen LogP contribution in [-0.4, -0.2) is 39.3 Å². The fourth-order valence-electron chi connectivity index (χ4n) is 2.51. The zero-order valence-corrected chi connectivity index (χ0v) is 13.9. The largest absolute Gasteiger partial charge is 0.466 e. The number of carbonyl (C=O) groups is 1. The van der Waals surface area contributed by atoms with Gasteiger partial charge in [-0.1, -0.05) is 0 Å². The van der Waals surface area contributed by atoms with Crippen LogP contribution in [0.3, 0.4) is 0 Å². The van der Waals surface area contributed by atoms with Gasteiger partial charge < -0.3 is 4.74 Å². The maximum atomic E-state index is 11.7. The van der Waals surface area contributed by atoms with Crippen LogP contribution in [0.4, 0.5) is 11.4 Å². The Morgan fingerprint density at radius 2 is 2.12 bits per heavy atom. The van der Waals surface area contributed by atoms with Gasteiger partial charge in [0.05, 0.1) is 28.9 Å². The van der Waals surface area contributed by atoms with Crippen molar-refractivity contribution in [2.75, 3.05) is 13.2 Å². The molecule has 1 aliphatic heterocycles. The second kappa shape index (κ2) is 8.06. The van der Waals surface area contributed by atoms with Gasteiger partial charge in [0.2, 0.25) is 0 Å². The van der Waals surface area contributed by atoms with E-state index in [0.717, 1.165) is 30.9 Å². The molecule has 1 unspecified atom stereocenters. The molecule has 0 aromatic heterocycles. The summed E-state index contributed by atoms with van der Waals surface area (Å²) in [5.41, 5.74) is -0.633. The van der Waals surface area contributed by atoms with Crippen molar-refractivity contribution < 1.29 is 19.4 Å². The Bertz CT molecular complexity index is 653. The van der Waals surface area contributed by atoms with Crippen molar-refractivity contribution in [2.45, 2.75) is 37.1 Å². The molecule has 1 aliphatic rings. The highest BCUT2D eigenvalue weighted by Gasteiger charge is 2.30. The topological polar surface area (TPSA) is 116 Å². The van der Waals surface area contributed by atoms with Crippen LogP contribution in [-0.2, 0) is 9.53 Å². The smallest absolute Gasteiger partial charge is 0.307 e. The average Bonchev–Trinajstić information content (AvgIpc) is 2.94. The third-order valence-electron chi connectivity index (χ3n) is 3.60. The highest BCUT2D eigenvalue weighted by atomic mass is 32.2. The van der Waals surface area contributed by atoms with Gasteiger partial charge in [-0.25, -0.2) is 4.31 Å². The first-order chi connectivity index (χ1) is 11.4. The van der Waals surface area contributed by atoms with Gasteiger partial charge in [0.1, 0.15) is 4.90 Å². The molecule has 0 N–H and O–H groups in total. The Hall–Kier alpha value is -2.20. The van der Waals surface area contributed by atoms with Gasteiger partial charge in [0, 0.05) is 18.7 Å². The van der Waals surface area contributed by atoms with E-state index in [0.29, 0.717) is 18.0 Å². The Morgan fingerprint density at radius 3 is 2.75 bits per heavy atom. The minimum Gasteiger partial charge on any atom is -0.466 e. The molecule has 0 radical (unpaired) electrons. The molecule has 2 rings (SSSR count). The molecule has 130 valence electrons. The Morgan fingerprint density at radius 1 is 1.38 bits per heavy atom. The van der Waals surface area contributed by atoms with Crippen LogP contribution in [0.5, 0.6) is 0 Å². The first-order valence-corrected chi connectivity index (χ1v) is 8.22. The molecule has 0 bridgehead atoms. The molecule has 1 aromatic rings. The van der Waals surface area contributed by atoms with Crippen molar-refractivity contribution >= 4 is 29.3 Å². The van der Waals surface area contributed by atoms with Gasteiger partial charge in [0.15, 0.2) is 0 Å². The summed E-state index contributed by atoms with van der Waals surface area (Å²) in [5.74, 6) is -0.298. The summed E-state index contributed by atoms with van der Waals surface area (Å²) in [6.45, 7) is 2.73. The molecule has 0 spiro atoms. The molecule has 1 aromatic carbocycles. The van der Waals surface area contributed by atoms with Gasteiger partial charge >= 0.3 is 5.97 Å².